The first kappa shape index (κ1) is 13.3. The number of ether oxygens (including phenoxy) is 1. The number of alkyl halides is 3. The zero-order chi connectivity index (χ0) is 8.91. The maximum atomic E-state index is 11.8. The smallest absolute Gasteiger partial charge is 0.365 e. The quantitative estimate of drug-likeness (QED) is 0.486. The van der Waals surface area contributed by atoms with Crippen molar-refractivity contribution in [2.75, 3.05) is 13.2 Å². The molecule has 0 aliphatic carbocycles. The Labute approximate surface area is 64.5 Å². The monoisotopic (exact) mass is 436 g/mol. The molecule has 0 bridgehead atoms. The fourth-order valence-corrected chi connectivity index (χ4v) is 0.534. The van der Waals surface area contributed by atoms with Crippen molar-refractivity contribution in [3.05, 3.63) is 6.92 Å². The first-order chi connectivity index (χ1) is 4.98. The average Bonchev–Trinajstić information content (AvgIpc) is 1.86. The van der Waals surface area contributed by atoms with E-state index in [9.17, 15) is 13.2 Å². The molecule has 0 radical (unpaired) electrons. The van der Waals surface area contributed by atoms with Gasteiger partial charge in [0.15, 0.2) is 0 Å². The van der Waals surface area contributed by atoms with Crippen molar-refractivity contribution < 1.29 is 17.9 Å². The molecule has 0 aliphatic heterocycles. The molecule has 0 N–H and O–H groups in total. The van der Waals surface area contributed by atoms with Gasteiger partial charge in [-0.05, 0) is 13.3 Å². The molecule has 1 nitrogen and oxygen atoms in total. The topological polar surface area (TPSA) is 9.23 Å². The van der Waals surface area contributed by atoms with Crippen LogP contribution in [0, 0.1) is 12.8 Å². The van der Waals surface area contributed by atoms with Crippen LogP contribution < -0.4 is 0 Å². The van der Waals surface area contributed by atoms with E-state index < -0.39 is 12.1 Å². The van der Waals surface area contributed by atoms with Gasteiger partial charge in [0.05, 0.1) is 0 Å². The second-order valence-electron chi connectivity index (χ2n) is 2.22. The van der Waals surface area contributed by atoms with Crippen LogP contribution in [0.25, 0.3) is 0 Å². The van der Waals surface area contributed by atoms with Crippen LogP contribution in [0.4, 0.5) is 13.2 Å². The van der Waals surface area contributed by atoms with Gasteiger partial charge in [0.2, 0.25) is 0 Å². The van der Waals surface area contributed by atoms with Crippen molar-refractivity contribution in [1.82, 2.24) is 0 Å². The Kier molecular flexibility index (Phi) is 6.01. The van der Waals surface area contributed by atoms with E-state index in [1.807, 2.05) is 0 Å². The van der Waals surface area contributed by atoms with Gasteiger partial charge in [-0.15, -0.1) is 0 Å². The zero-order valence-corrected chi connectivity index (χ0v) is 13.6. The maximum Gasteiger partial charge on any atom is 0.365 e. The van der Waals surface area contributed by atoms with Crippen molar-refractivity contribution in [2.45, 2.75) is 19.5 Å². The minimum absolute atomic E-state index is 0. The van der Waals surface area contributed by atoms with Gasteiger partial charge in [-0.1, -0.05) is 5.92 Å². The fraction of sp³-hybridized carbons (Fsp3) is 0.857. The number of hydrogen-bond donors (Lipinski definition) is 0. The molecule has 1 atom stereocenters. The summed E-state index contributed by atoms with van der Waals surface area (Å²) in [6.45, 7) is 5.30. The Morgan fingerprint density at radius 3 is 2.25 bits per heavy atom. The molecule has 0 aromatic rings. The van der Waals surface area contributed by atoms with Crippen LogP contribution in [0.3, 0.4) is 0 Å². The zero-order valence-electron chi connectivity index (χ0n) is 7.16. The van der Waals surface area contributed by atoms with Gasteiger partial charge >= 0.3 is 6.18 Å². The summed E-state index contributed by atoms with van der Waals surface area (Å²) >= 11 is 0. The summed E-state index contributed by atoms with van der Waals surface area (Å²) in [7, 11) is 0. The molecule has 0 spiro atoms. The molecular weight excluding hydrogens is 424 g/mol. The van der Waals surface area contributed by atoms with Gasteiger partial charge in [-0.25, -0.2) is 0 Å². The van der Waals surface area contributed by atoms with Crippen LogP contribution in [-0.4, -0.2) is 19.4 Å². The number of halogens is 3. The molecule has 0 amide bonds. The second-order valence-corrected chi connectivity index (χ2v) is 2.22. The van der Waals surface area contributed by atoms with Gasteiger partial charge in [-0.3, -0.25) is 0 Å². The molecule has 0 aliphatic rings. The van der Waals surface area contributed by atoms with Gasteiger partial charge in [0.1, 0.15) is 0 Å². The van der Waals surface area contributed by atoms with Crippen LogP contribution in [0.15, 0.2) is 0 Å². The second kappa shape index (κ2) is 5.41. The van der Waals surface area contributed by atoms with Crippen LogP contribution in [-0.2, 0) is 4.74 Å². The van der Waals surface area contributed by atoms with E-state index in [2.05, 4.69) is 6.92 Å². The minimum atomic E-state index is -4.18. The summed E-state index contributed by atoms with van der Waals surface area (Å²) in [5.74, 6) is -1.51. The van der Waals surface area contributed by atoms with Crippen LogP contribution in [0.2, 0.25) is 0 Å². The van der Waals surface area contributed by atoms with Gasteiger partial charge in [0.25, 0.3) is 0 Å². The molecule has 12 heavy (non-hydrogen) atoms. The van der Waals surface area contributed by atoms with Crippen LogP contribution in [0.1, 0.15) is 13.3 Å². The fourth-order valence-electron chi connectivity index (χ4n) is 0.534. The molecule has 0 rings (SSSR count). The average molecular weight is 436 g/mol. The molecule has 0 fully saturated rings. The van der Waals surface area contributed by atoms with E-state index in [1.54, 1.807) is 6.92 Å². The van der Waals surface area contributed by atoms with Gasteiger partial charge in [0, 0.05) is 13.2 Å². The maximum absolute atomic E-state index is 11.8. The van der Waals surface area contributed by atoms with E-state index in [1.165, 1.54) is 0 Å². The van der Waals surface area contributed by atoms with Crippen molar-refractivity contribution in [3.8, 4) is 0 Å². The number of rotatable bonds is 4. The van der Waals surface area contributed by atoms with Crippen molar-refractivity contribution in [1.29, 1.82) is 0 Å². The predicted molar refractivity (Wildman–Crippen MR) is 36.0 cm³/mol. The molecule has 5 heteroatoms. The van der Waals surface area contributed by atoms with Crippen molar-refractivity contribution in [3.63, 3.8) is 0 Å². The van der Waals surface area contributed by atoms with E-state index in [0.29, 0.717) is 6.61 Å². The van der Waals surface area contributed by atoms with Crippen molar-refractivity contribution >= 4 is 0 Å². The minimum Gasteiger partial charge on any atom is -0.382 e. The summed E-state index contributed by atoms with van der Waals surface area (Å²) in [6.07, 6.45) is -4.24. The third-order valence-electron chi connectivity index (χ3n) is 1.28. The van der Waals surface area contributed by atoms with Crippen LogP contribution in [0.5, 0.6) is 0 Å². The Hall–Kier alpha value is -1.25. The third-order valence-corrected chi connectivity index (χ3v) is 1.28. The molecule has 70 valence electrons. The first-order valence-electron chi connectivity index (χ1n) is 3.46. The largest absolute Gasteiger partial charge is 0.382 e. The third kappa shape index (κ3) is 5.53. The van der Waals surface area contributed by atoms with Crippen LogP contribution >= 0.6 is 0 Å². The van der Waals surface area contributed by atoms with E-state index >= 15 is 0 Å². The van der Waals surface area contributed by atoms with Gasteiger partial charge in [-0.2, -0.15) is 13.2 Å². The molecule has 0 saturated heterocycles. The summed E-state index contributed by atoms with van der Waals surface area (Å²) < 4.78 is 40.0. The van der Waals surface area contributed by atoms with E-state index in [0.717, 1.165) is 0 Å². The number of hydrogen-bond acceptors (Lipinski definition) is 1. The standard InChI is InChI=1S/C7H12F3O.Rf/c1-3-11-5-4-6(2)7(8,9)10;/h6H,2-5H2,1H3;/q-1;. The van der Waals surface area contributed by atoms with Gasteiger partial charge < -0.3 is 11.7 Å². The predicted octanol–water partition coefficient (Wildman–Crippen LogP) is 2.43. The molecule has 0 aromatic heterocycles. The molecule has 0 heterocycles. The molecule has 1 unspecified atom stereocenters. The molecular formula is C7H12F3ORf-. The summed E-state index contributed by atoms with van der Waals surface area (Å²) in [5, 5.41) is 0. The summed E-state index contributed by atoms with van der Waals surface area (Å²) in [6, 6.07) is 0. The Bertz CT molecular complexity index is 105. The van der Waals surface area contributed by atoms with Crippen molar-refractivity contribution in [2.24, 2.45) is 5.92 Å². The molecule has 0 saturated carbocycles. The Morgan fingerprint density at radius 2 is 1.92 bits per heavy atom. The summed E-state index contributed by atoms with van der Waals surface area (Å²) in [4.78, 5) is 0. The Balaban J connectivity index is 0. The van der Waals surface area contributed by atoms with E-state index in [-0.39, 0.29) is 13.0 Å². The first-order valence-corrected chi connectivity index (χ1v) is 3.46. The normalized spacial score (nSPS) is 13.8. The molecule has 0 aromatic carbocycles. The Morgan fingerprint density at radius 1 is 1.42 bits per heavy atom. The SMILES string of the molecule is [CH2-]C(CCOCC)C(F)(F)F.[Rf]. The summed E-state index contributed by atoms with van der Waals surface area (Å²) in [5.41, 5.74) is 0. The van der Waals surface area contributed by atoms with E-state index in [4.69, 9.17) is 4.74 Å².